The number of carbonyl (C=O) groups excluding carboxylic acids is 1. The van der Waals surface area contributed by atoms with Gasteiger partial charge in [-0.15, -0.1) is 0 Å². The second-order valence-corrected chi connectivity index (χ2v) is 7.48. The van der Waals surface area contributed by atoms with Crippen molar-refractivity contribution in [2.45, 2.75) is 51.6 Å². The number of hydrogen-bond donors (Lipinski definition) is 1. The molecule has 1 rings (SSSR count). The van der Waals surface area contributed by atoms with Crippen molar-refractivity contribution in [3.05, 3.63) is 0 Å². The van der Waals surface area contributed by atoms with Crippen LogP contribution in [0.25, 0.3) is 0 Å². The van der Waals surface area contributed by atoms with Gasteiger partial charge in [-0.3, -0.25) is 4.79 Å². The Balaban J connectivity index is 2.65. The monoisotopic (exact) mass is 291 g/mol. The number of carbonyl (C=O) groups is 1. The Hall–Kier alpha value is -0.460. The number of piperidine rings is 1. The van der Waals surface area contributed by atoms with Crippen molar-refractivity contribution in [1.29, 1.82) is 0 Å². The lowest BCUT2D eigenvalue weighted by Gasteiger charge is -2.32. The number of Topliss-reactive ketones (excluding diaryl/α,β-unsaturated/α-hetero) is 1. The molecule has 112 valence electrons. The van der Waals surface area contributed by atoms with E-state index in [9.17, 15) is 18.3 Å². The summed E-state index contributed by atoms with van der Waals surface area (Å²) >= 11 is 0. The first kappa shape index (κ1) is 16.6. The Morgan fingerprint density at radius 1 is 1.37 bits per heavy atom. The second kappa shape index (κ2) is 6.33. The van der Waals surface area contributed by atoms with Crippen LogP contribution in [0.4, 0.5) is 0 Å². The minimum atomic E-state index is -3.18. The minimum Gasteiger partial charge on any atom is -0.382 e. The predicted octanol–water partition coefficient (Wildman–Crippen LogP) is 1.17. The summed E-state index contributed by atoms with van der Waals surface area (Å²) in [5, 5.41) is 10.2. The van der Waals surface area contributed by atoms with Crippen molar-refractivity contribution in [1.82, 2.24) is 4.31 Å². The fourth-order valence-electron chi connectivity index (χ4n) is 2.59. The molecule has 1 unspecified atom stereocenters. The van der Waals surface area contributed by atoms with Crippen molar-refractivity contribution >= 4 is 15.8 Å². The summed E-state index contributed by atoms with van der Waals surface area (Å²) in [6.45, 7) is 4.53. The molecular formula is C13H25NO4S. The maximum Gasteiger partial charge on any atom is 0.211 e. The van der Waals surface area contributed by atoms with Crippen molar-refractivity contribution in [2.75, 3.05) is 19.3 Å². The van der Waals surface area contributed by atoms with Crippen LogP contribution >= 0.6 is 0 Å². The van der Waals surface area contributed by atoms with Gasteiger partial charge in [0.15, 0.2) is 5.78 Å². The predicted molar refractivity (Wildman–Crippen MR) is 74.3 cm³/mol. The normalized spacial score (nSPS) is 22.4. The smallest absolute Gasteiger partial charge is 0.211 e. The van der Waals surface area contributed by atoms with E-state index in [1.165, 1.54) is 10.6 Å². The van der Waals surface area contributed by atoms with E-state index in [0.717, 1.165) is 12.8 Å². The summed E-state index contributed by atoms with van der Waals surface area (Å²) in [4.78, 5) is 12.1. The second-order valence-electron chi connectivity index (χ2n) is 5.50. The summed E-state index contributed by atoms with van der Waals surface area (Å²) in [5.41, 5.74) is -1.24. The molecule has 1 heterocycles. The first-order chi connectivity index (χ1) is 8.73. The molecule has 0 amide bonds. The standard InChI is InChI=1S/C13H25NO4S/c1-4-13(16,5-2)12(15)9-11-7-6-8-14(10-11)19(3,17)18/h11,16H,4-10H2,1-3H3. The Bertz CT molecular complexity index is 414. The highest BCUT2D eigenvalue weighted by Crippen LogP contribution is 2.26. The minimum absolute atomic E-state index is 0.0283. The van der Waals surface area contributed by atoms with Gasteiger partial charge in [0, 0.05) is 19.5 Å². The molecule has 6 heteroatoms. The molecule has 1 aliphatic rings. The van der Waals surface area contributed by atoms with Gasteiger partial charge >= 0.3 is 0 Å². The average molecular weight is 291 g/mol. The van der Waals surface area contributed by atoms with E-state index in [1.807, 2.05) is 0 Å². The number of sulfonamides is 1. The highest BCUT2D eigenvalue weighted by Gasteiger charge is 2.35. The molecule has 0 radical (unpaired) electrons. The van der Waals surface area contributed by atoms with Gasteiger partial charge in [-0.05, 0) is 31.6 Å². The lowest BCUT2D eigenvalue weighted by Crippen LogP contribution is -2.43. The van der Waals surface area contributed by atoms with Crippen LogP contribution in [0.15, 0.2) is 0 Å². The zero-order valence-electron chi connectivity index (χ0n) is 12.1. The van der Waals surface area contributed by atoms with Gasteiger partial charge in [0.2, 0.25) is 10.0 Å². The lowest BCUT2D eigenvalue weighted by molar-refractivity contribution is -0.139. The van der Waals surface area contributed by atoms with Crippen LogP contribution in [-0.4, -0.2) is 48.6 Å². The zero-order valence-corrected chi connectivity index (χ0v) is 12.9. The first-order valence-electron chi connectivity index (χ1n) is 6.93. The third kappa shape index (κ3) is 4.26. The maximum absolute atomic E-state index is 12.1. The third-order valence-electron chi connectivity index (χ3n) is 4.11. The summed E-state index contributed by atoms with van der Waals surface area (Å²) in [7, 11) is -3.18. The Kier molecular flexibility index (Phi) is 5.53. The number of aliphatic hydroxyl groups is 1. The SMILES string of the molecule is CCC(O)(CC)C(=O)CC1CCCN(S(C)(=O)=O)C1. The maximum atomic E-state index is 12.1. The first-order valence-corrected chi connectivity index (χ1v) is 8.78. The van der Waals surface area contributed by atoms with Crippen LogP contribution in [0.2, 0.25) is 0 Å². The van der Waals surface area contributed by atoms with Gasteiger partial charge in [-0.1, -0.05) is 13.8 Å². The molecule has 19 heavy (non-hydrogen) atoms. The van der Waals surface area contributed by atoms with Crippen LogP contribution in [0.5, 0.6) is 0 Å². The highest BCUT2D eigenvalue weighted by atomic mass is 32.2. The fraction of sp³-hybridized carbons (Fsp3) is 0.923. The van der Waals surface area contributed by atoms with Crippen molar-refractivity contribution in [2.24, 2.45) is 5.92 Å². The summed E-state index contributed by atoms with van der Waals surface area (Å²) in [6.07, 6.45) is 3.91. The van der Waals surface area contributed by atoms with Crippen LogP contribution in [0.1, 0.15) is 46.0 Å². The van der Waals surface area contributed by atoms with E-state index < -0.39 is 15.6 Å². The Morgan fingerprint density at radius 3 is 2.42 bits per heavy atom. The van der Waals surface area contributed by atoms with E-state index in [2.05, 4.69) is 0 Å². The van der Waals surface area contributed by atoms with E-state index in [-0.39, 0.29) is 18.1 Å². The van der Waals surface area contributed by atoms with Crippen LogP contribution in [0, 0.1) is 5.92 Å². The van der Waals surface area contributed by atoms with Crippen molar-refractivity contribution < 1.29 is 18.3 Å². The topological polar surface area (TPSA) is 74.7 Å². The summed E-state index contributed by atoms with van der Waals surface area (Å²) in [6, 6.07) is 0. The fourth-order valence-corrected chi connectivity index (χ4v) is 3.53. The lowest BCUT2D eigenvalue weighted by atomic mass is 9.84. The summed E-state index contributed by atoms with van der Waals surface area (Å²) in [5.74, 6) is -0.126. The van der Waals surface area contributed by atoms with Crippen LogP contribution < -0.4 is 0 Å². The molecule has 5 nitrogen and oxygen atoms in total. The van der Waals surface area contributed by atoms with Crippen LogP contribution in [0.3, 0.4) is 0 Å². The Labute approximate surface area is 116 Å². The number of nitrogens with zero attached hydrogens (tertiary/aromatic N) is 1. The van der Waals surface area contributed by atoms with E-state index >= 15 is 0 Å². The summed E-state index contributed by atoms with van der Waals surface area (Å²) < 4.78 is 24.5. The van der Waals surface area contributed by atoms with Gasteiger partial charge < -0.3 is 5.11 Å². The largest absolute Gasteiger partial charge is 0.382 e. The molecule has 0 aromatic heterocycles. The van der Waals surface area contributed by atoms with Gasteiger partial charge in [0.25, 0.3) is 0 Å². The van der Waals surface area contributed by atoms with Gasteiger partial charge in [0.1, 0.15) is 5.60 Å². The molecule has 0 saturated carbocycles. The molecule has 0 bridgehead atoms. The molecule has 0 spiro atoms. The molecule has 1 aliphatic heterocycles. The number of rotatable bonds is 6. The molecule has 1 fully saturated rings. The number of hydrogen-bond acceptors (Lipinski definition) is 4. The molecule has 1 saturated heterocycles. The van der Waals surface area contributed by atoms with Crippen LogP contribution in [-0.2, 0) is 14.8 Å². The molecule has 1 N–H and O–H groups in total. The van der Waals surface area contributed by atoms with E-state index in [0.29, 0.717) is 25.9 Å². The molecule has 0 aliphatic carbocycles. The quantitative estimate of drug-likeness (QED) is 0.797. The number of ketones is 1. The molecule has 0 aromatic rings. The third-order valence-corrected chi connectivity index (χ3v) is 5.38. The van der Waals surface area contributed by atoms with Crippen molar-refractivity contribution in [3.8, 4) is 0 Å². The molecule has 0 aromatic carbocycles. The highest BCUT2D eigenvalue weighted by molar-refractivity contribution is 7.88. The average Bonchev–Trinajstić information content (AvgIpc) is 2.37. The van der Waals surface area contributed by atoms with Crippen molar-refractivity contribution in [3.63, 3.8) is 0 Å². The Morgan fingerprint density at radius 2 is 1.95 bits per heavy atom. The van der Waals surface area contributed by atoms with Gasteiger partial charge in [-0.25, -0.2) is 12.7 Å². The molecular weight excluding hydrogens is 266 g/mol. The van der Waals surface area contributed by atoms with E-state index in [4.69, 9.17) is 0 Å². The van der Waals surface area contributed by atoms with E-state index in [1.54, 1.807) is 13.8 Å². The van der Waals surface area contributed by atoms with Gasteiger partial charge in [0.05, 0.1) is 6.26 Å². The molecule has 1 atom stereocenters. The van der Waals surface area contributed by atoms with Gasteiger partial charge in [-0.2, -0.15) is 0 Å². The zero-order chi connectivity index (χ0) is 14.7.